The molecule has 0 radical (unpaired) electrons. The topological polar surface area (TPSA) is 62.1 Å². The maximum atomic E-state index is 12.0. The summed E-state index contributed by atoms with van der Waals surface area (Å²) in [4.78, 5) is 12.0. The molecule has 0 aliphatic carbocycles. The Morgan fingerprint density at radius 3 is 2.76 bits per heavy atom. The van der Waals surface area contributed by atoms with Crippen LogP contribution in [0.3, 0.4) is 0 Å². The first-order valence-electron chi connectivity index (χ1n) is 7.26. The zero-order valence-electron chi connectivity index (χ0n) is 12.7. The molecular weight excluding hydrogens is 264 g/mol. The minimum atomic E-state index is -0.333. The Labute approximate surface area is 126 Å². The highest BCUT2D eigenvalue weighted by atomic mass is 16.5. The molecule has 1 aromatic carbocycles. The highest BCUT2D eigenvalue weighted by Crippen LogP contribution is 2.20. The Balaban J connectivity index is 2.67. The minimum absolute atomic E-state index is 0.0926. The molecule has 1 rings (SSSR count). The van der Waals surface area contributed by atoms with Crippen LogP contribution in [0.15, 0.2) is 29.8 Å². The lowest BCUT2D eigenvalue weighted by Crippen LogP contribution is -2.25. The van der Waals surface area contributed by atoms with Gasteiger partial charge >= 0.3 is 0 Å². The van der Waals surface area contributed by atoms with Crippen LogP contribution in [0, 0.1) is 11.3 Å². The van der Waals surface area contributed by atoms with Crippen molar-refractivity contribution in [1.29, 1.82) is 5.26 Å². The monoisotopic (exact) mass is 286 g/mol. The normalized spacial score (nSPS) is 10.8. The Bertz CT molecular complexity index is 530. The Morgan fingerprint density at radius 1 is 1.33 bits per heavy atom. The lowest BCUT2D eigenvalue weighted by molar-refractivity contribution is -0.117. The van der Waals surface area contributed by atoms with Crippen LogP contribution in [0.4, 0.5) is 0 Å². The van der Waals surface area contributed by atoms with Crippen LogP contribution in [-0.4, -0.2) is 19.6 Å². The summed E-state index contributed by atoms with van der Waals surface area (Å²) in [5.74, 6) is 0.306. The van der Waals surface area contributed by atoms with Crippen LogP contribution in [0.25, 0.3) is 6.08 Å². The number of para-hydroxylation sites is 1. The van der Waals surface area contributed by atoms with Gasteiger partial charge in [-0.1, -0.05) is 44.4 Å². The van der Waals surface area contributed by atoms with Crippen molar-refractivity contribution in [3.63, 3.8) is 0 Å². The first kappa shape index (κ1) is 16.8. The molecule has 0 atom stereocenters. The molecule has 0 aliphatic rings. The number of methoxy groups -OCH3 is 1. The number of ether oxygens (including phenoxy) is 1. The third kappa shape index (κ3) is 5.70. The van der Waals surface area contributed by atoms with Crippen molar-refractivity contribution in [3.05, 3.63) is 35.4 Å². The number of amides is 1. The van der Waals surface area contributed by atoms with Crippen molar-refractivity contribution in [1.82, 2.24) is 5.32 Å². The second-order valence-electron chi connectivity index (χ2n) is 4.73. The second-order valence-corrected chi connectivity index (χ2v) is 4.73. The number of carbonyl (C=O) groups excluding carboxylic acids is 1. The summed E-state index contributed by atoms with van der Waals surface area (Å²) >= 11 is 0. The number of nitrogens with zero attached hydrogens (tertiary/aromatic N) is 1. The second kappa shape index (κ2) is 9.60. The van der Waals surface area contributed by atoms with Crippen molar-refractivity contribution in [2.75, 3.05) is 13.7 Å². The molecule has 1 aromatic rings. The van der Waals surface area contributed by atoms with E-state index in [1.807, 2.05) is 24.3 Å². The average Bonchev–Trinajstić information content (AvgIpc) is 2.52. The summed E-state index contributed by atoms with van der Waals surface area (Å²) < 4.78 is 5.21. The highest BCUT2D eigenvalue weighted by molar-refractivity contribution is 6.01. The quantitative estimate of drug-likeness (QED) is 0.453. The molecule has 0 fully saturated rings. The lowest BCUT2D eigenvalue weighted by Gasteiger charge is -2.06. The molecule has 0 spiro atoms. The molecule has 0 unspecified atom stereocenters. The Morgan fingerprint density at radius 2 is 2.10 bits per heavy atom. The van der Waals surface area contributed by atoms with Crippen molar-refractivity contribution >= 4 is 12.0 Å². The van der Waals surface area contributed by atoms with E-state index in [0.29, 0.717) is 12.3 Å². The predicted octanol–water partition coefficient (Wildman–Crippen LogP) is 3.30. The highest BCUT2D eigenvalue weighted by Gasteiger charge is 2.09. The largest absolute Gasteiger partial charge is 0.496 e. The first-order chi connectivity index (χ1) is 10.2. The molecule has 0 aliphatic heterocycles. The number of nitriles is 1. The molecule has 21 heavy (non-hydrogen) atoms. The molecule has 1 N–H and O–H groups in total. The van der Waals surface area contributed by atoms with Crippen molar-refractivity contribution in [3.8, 4) is 11.8 Å². The van der Waals surface area contributed by atoms with E-state index < -0.39 is 0 Å². The van der Waals surface area contributed by atoms with Crippen LogP contribution >= 0.6 is 0 Å². The van der Waals surface area contributed by atoms with Crippen molar-refractivity contribution in [2.24, 2.45) is 0 Å². The van der Waals surface area contributed by atoms with E-state index in [-0.39, 0.29) is 11.5 Å². The van der Waals surface area contributed by atoms with E-state index in [4.69, 9.17) is 10.00 Å². The number of hydrogen-bond acceptors (Lipinski definition) is 3. The third-order valence-corrected chi connectivity index (χ3v) is 3.12. The molecule has 0 saturated carbocycles. The van der Waals surface area contributed by atoms with E-state index in [2.05, 4.69) is 12.2 Å². The number of hydrogen-bond donors (Lipinski definition) is 1. The van der Waals surface area contributed by atoms with Gasteiger partial charge in [-0.2, -0.15) is 5.26 Å². The van der Waals surface area contributed by atoms with Crippen molar-refractivity contribution in [2.45, 2.75) is 32.6 Å². The number of unbranched alkanes of at least 4 members (excludes halogenated alkanes) is 3. The number of benzene rings is 1. The van der Waals surface area contributed by atoms with Crippen LogP contribution < -0.4 is 10.1 Å². The maximum absolute atomic E-state index is 12.0. The zero-order chi connectivity index (χ0) is 15.5. The van der Waals surface area contributed by atoms with E-state index in [9.17, 15) is 4.79 Å². The summed E-state index contributed by atoms with van der Waals surface area (Å²) in [5, 5.41) is 11.9. The fraction of sp³-hybridized carbons (Fsp3) is 0.412. The number of carbonyl (C=O) groups is 1. The number of rotatable bonds is 8. The minimum Gasteiger partial charge on any atom is -0.496 e. The lowest BCUT2D eigenvalue weighted by atomic mass is 10.1. The smallest absolute Gasteiger partial charge is 0.261 e. The van der Waals surface area contributed by atoms with Gasteiger partial charge in [0.2, 0.25) is 0 Å². The molecule has 4 nitrogen and oxygen atoms in total. The van der Waals surface area contributed by atoms with Gasteiger partial charge in [-0.05, 0) is 18.6 Å². The van der Waals surface area contributed by atoms with Crippen LogP contribution in [-0.2, 0) is 4.79 Å². The SMILES string of the molecule is CCCCCCNC(=O)/C(C#N)=C/c1ccccc1OC. The molecule has 0 aromatic heterocycles. The fourth-order valence-electron chi connectivity index (χ4n) is 1.94. The molecule has 1 amide bonds. The van der Waals surface area contributed by atoms with Gasteiger partial charge in [0.1, 0.15) is 17.4 Å². The van der Waals surface area contributed by atoms with E-state index in [0.717, 1.165) is 31.2 Å². The van der Waals surface area contributed by atoms with E-state index in [1.165, 1.54) is 0 Å². The maximum Gasteiger partial charge on any atom is 0.261 e. The van der Waals surface area contributed by atoms with E-state index >= 15 is 0 Å². The van der Waals surface area contributed by atoms with Gasteiger partial charge in [0.25, 0.3) is 5.91 Å². The van der Waals surface area contributed by atoms with E-state index in [1.54, 1.807) is 19.3 Å². The van der Waals surface area contributed by atoms with Gasteiger partial charge in [-0.15, -0.1) is 0 Å². The van der Waals surface area contributed by atoms with Crippen molar-refractivity contribution < 1.29 is 9.53 Å². The summed E-state index contributed by atoms with van der Waals surface area (Å²) in [6, 6.07) is 9.24. The van der Waals surface area contributed by atoms with Gasteiger partial charge in [-0.25, -0.2) is 0 Å². The van der Waals surface area contributed by atoms with Gasteiger partial charge in [0.15, 0.2) is 0 Å². The fourth-order valence-corrected chi connectivity index (χ4v) is 1.94. The van der Waals surface area contributed by atoms with Crippen LogP contribution in [0.5, 0.6) is 5.75 Å². The summed E-state index contributed by atoms with van der Waals surface area (Å²) in [5.41, 5.74) is 0.813. The molecule has 112 valence electrons. The number of nitrogens with one attached hydrogen (secondary N) is 1. The average molecular weight is 286 g/mol. The first-order valence-corrected chi connectivity index (χ1v) is 7.26. The van der Waals surface area contributed by atoms with Gasteiger partial charge in [0.05, 0.1) is 7.11 Å². The molecule has 4 heteroatoms. The molecular formula is C17H22N2O2. The Kier molecular flexibility index (Phi) is 7.67. The Hall–Kier alpha value is -2.28. The summed E-state index contributed by atoms with van der Waals surface area (Å²) in [6.45, 7) is 2.74. The van der Waals surface area contributed by atoms with Crippen LogP contribution in [0.2, 0.25) is 0 Å². The zero-order valence-corrected chi connectivity index (χ0v) is 12.7. The molecule has 0 heterocycles. The molecule has 0 bridgehead atoms. The summed E-state index contributed by atoms with van der Waals surface area (Å²) in [7, 11) is 1.56. The van der Waals surface area contributed by atoms with Gasteiger partial charge in [0, 0.05) is 12.1 Å². The standard InChI is InChI=1S/C17H22N2O2/c1-3-4-5-8-11-19-17(20)15(13-18)12-14-9-6-7-10-16(14)21-2/h6-7,9-10,12H,3-5,8,11H2,1-2H3,(H,19,20)/b15-12+. The summed E-state index contributed by atoms with van der Waals surface area (Å²) in [6.07, 6.45) is 5.91. The van der Waals surface area contributed by atoms with Crippen LogP contribution in [0.1, 0.15) is 38.2 Å². The third-order valence-electron chi connectivity index (χ3n) is 3.12. The van der Waals surface area contributed by atoms with Gasteiger partial charge in [-0.3, -0.25) is 4.79 Å². The van der Waals surface area contributed by atoms with Gasteiger partial charge < -0.3 is 10.1 Å². The molecule has 0 saturated heterocycles. The predicted molar refractivity (Wildman–Crippen MR) is 83.7 cm³/mol.